The smallest absolute Gasteiger partial charge is 0.255 e. The zero-order valence-corrected chi connectivity index (χ0v) is 15.7. The number of ether oxygens (including phenoxy) is 1. The van der Waals surface area contributed by atoms with Gasteiger partial charge in [-0.2, -0.15) is 11.8 Å². The van der Waals surface area contributed by atoms with E-state index in [2.05, 4.69) is 29.2 Å². The zero-order valence-electron chi connectivity index (χ0n) is 14.8. The van der Waals surface area contributed by atoms with Crippen LogP contribution in [0.4, 0.5) is 0 Å². The molecular formula is C21H24N2O2S. The lowest BCUT2D eigenvalue weighted by Gasteiger charge is -2.17. The van der Waals surface area contributed by atoms with Crippen LogP contribution in [-0.4, -0.2) is 46.5 Å². The quantitative estimate of drug-likeness (QED) is 0.808. The van der Waals surface area contributed by atoms with E-state index in [9.17, 15) is 4.79 Å². The molecule has 0 N–H and O–H groups in total. The van der Waals surface area contributed by atoms with E-state index in [0.29, 0.717) is 17.4 Å². The van der Waals surface area contributed by atoms with Crippen LogP contribution in [0.1, 0.15) is 28.8 Å². The van der Waals surface area contributed by atoms with Gasteiger partial charge in [0.2, 0.25) is 5.88 Å². The molecule has 1 aromatic heterocycles. The lowest BCUT2D eigenvalue weighted by Crippen LogP contribution is -2.29. The van der Waals surface area contributed by atoms with Crippen molar-refractivity contribution in [3.63, 3.8) is 0 Å². The first-order chi connectivity index (χ1) is 12.8. The number of pyridine rings is 1. The topological polar surface area (TPSA) is 42.4 Å². The van der Waals surface area contributed by atoms with Crippen molar-refractivity contribution in [2.75, 3.05) is 24.6 Å². The van der Waals surface area contributed by atoms with E-state index in [0.717, 1.165) is 43.9 Å². The Morgan fingerprint density at radius 2 is 2.08 bits per heavy atom. The number of hydrogen-bond acceptors (Lipinski definition) is 4. The summed E-state index contributed by atoms with van der Waals surface area (Å²) < 4.78 is 5.86. The molecule has 0 bridgehead atoms. The molecule has 2 aromatic rings. The molecule has 0 saturated carbocycles. The molecular weight excluding hydrogens is 344 g/mol. The van der Waals surface area contributed by atoms with Crippen molar-refractivity contribution >= 4 is 17.7 Å². The first-order valence-electron chi connectivity index (χ1n) is 9.31. The molecule has 2 aliphatic heterocycles. The summed E-state index contributed by atoms with van der Waals surface area (Å²) in [6, 6.07) is 14.2. The van der Waals surface area contributed by atoms with E-state index in [1.54, 1.807) is 6.20 Å². The summed E-state index contributed by atoms with van der Waals surface area (Å²) in [7, 11) is 0. The second-order valence-electron chi connectivity index (χ2n) is 7.08. The van der Waals surface area contributed by atoms with Crippen LogP contribution in [-0.2, 0) is 6.42 Å². The van der Waals surface area contributed by atoms with Crippen LogP contribution in [0.15, 0.2) is 48.7 Å². The fraction of sp³-hybridized carbons (Fsp3) is 0.429. The monoisotopic (exact) mass is 368 g/mol. The number of carbonyl (C=O) groups excluding carboxylic acids is 1. The predicted molar refractivity (Wildman–Crippen MR) is 105 cm³/mol. The van der Waals surface area contributed by atoms with Gasteiger partial charge in [-0.3, -0.25) is 4.79 Å². The number of amides is 1. The Morgan fingerprint density at radius 1 is 1.19 bits per heavy atom. The molecule has 5 heteroatoms. The largest absolute Gasteiger partial charge is 0.473 e. The average molecular weight is 369 g/mol. The summed E-state index contributed by atoms with van der Waals surface area (Å²) >= 11 is 1.91. The maximum atomic E-state index is 12.7. The van der Waals surface area contributed by atoms with Crippen LogP contribution in [0.3, 0.4) is 0 Å². The van der Waals surface area contributed by atoms with E-state index in [-0.39, 0.29) is 12.0 Å². The normalized spacial score (nSPS) is 22.5. The van der Waals surface area contributed by atoms with Crippen LogP contribution in [0.2, 0.25) is 0 Å². The first kappa shape index (κ1) is 17.4. The second kappa shape index (κ2) is 8.12. The van der Waals surface area contributed by atoms with Gasteiger partial charge in [0, 0.05) is 31.1 Å². The number of likely N-dealkylation sites (tertiary alicyclic amines) is 1. The average Bonchev–Trinajstić information content (AvgIpc) is 3.35. The van der Waals surface area contributed by atoms with Crippen molar-refractivity contribution in [2.24, 2.45) is 5.92 Å². The molecule has 2 unspecified atom stereocenters. The molecule has 0 aliphatic carbocycles. The molecule has 0 spiro atoms. The van der Waals surface area contributed by atoms with Crippen molar-refractivity contribution in [2.45, 2.75) is 25.4 Å². The highest BCUT2D eigenvalue weighted by atomic mass is 32.2. The Hall–Kier alpha value is -2.01. The van der Waals surface area contributed by atoms with Crippen LogP contribution in [0, 0.1) is 5.92 Å². The van der Waals surface area contributed by atoms with Gasteiger partial charge < -0.3 is 9.64 Å². The van der Waals surface area contributed by atoms with Crippen molar-refractivity contribution in [3.05, 3.63) is 59.8 Å². The Kier molecular flexibility index (Phi) is 5.44. The van der Waals surface area contributed by atoms with Crippen molar-refractivity contribution in [1.29, 1.82) is 0 Å². The number of benzene rings is 1. The van der Waals surface area contributed by atoms with E-state index >= 15 is 0 Å². The van der Waals surface area contributed by atoms with Crippen molar-refractivity contribution < 1.29 is 9.53 Å². The Balaban J connectivity index is 1.32. The first-order valence-corrected chi connectivity index (χ1v) is 10.5. The molecule has 4 nitrogen and oxygen atoms in total. The van der Waals surface area contributed by atoms with Gasteiger partial charge in [-0.05, 0) is 42.6 Å². The Labute approximate surface area is 159 Å². The van der Waals surface area contributed by atoms with Crippen LogP contribution in [0.25, 0.3) is 0 Å². The zero-order chi connectivity index (χ0) is 17.8. The van der Waals surface area contributed by atoms with Crippen LogP contribution < -0.4 is 4.74 Å². The summed E-state index contributed by atoms with van der Waals surface area (Å²) in [5.74, 6) is 3.42. The second-order valence-corrected chi connectivity index (χ2v) is 8.23. The lowest BCUT2D eigenvalue weighted by molar-refractivity contribution is 0.0786. The summed E-state index contributed by atoms with van der Waals surface area (Å²) in [4.78, 5) is 19.0. The van der Waals surface area contributed by atoms with Gasteiger partial charge >= 0.3 is 0 Å². The minimum atomic E-state index is 0.0797. The number of rotatable bonds is 5. The van der Waals surface area contributed by atoms with Crippen LogP contribution >= 0.6 is 11.8 Å². The highest BCUT2D eigenvalue weighted by Crippen LogP contribution is 2.24. The van der Waals surface area contributed by atoms with Gasteiger partial charge in [-0.1, -0.05) is 30.3 Å². The van der Waals surface area contributed by atoms with E-state index in [4.69, 9.17) is 4.74 Å². The van der Waals surface area contributed by atoms with Gasteiger partial charge in [-0.15, -0.1) is 0 Å². The third-order valence-corrected chi connectivity index (χ3v) is 6.23. The summed E-state index contributed by atoms with van der Waals surface area (Å²) in [6.45, 7) is 1.65. The minimum Gasteiger partial charge on any atom is -0.473 e. The molecule has 2 atom stereocenters. The predicted octanol–water partition coefficient (Wildman–Crippen LogP) is 3.67. The third-order valence-electron chi connectivity index (χ3n) is 5.10. The molecule has 26 heavy (non-hydrogen) atoms. The SMILES string of the molecule is O=C(c1ccc(OC2CCSC2)nc1)N1CCC(Cc2ccccc2)C1. The summed E-state index contributed by atoms with van der Waals surface area (Å²) in [5, 5.41) is 0. The van der Waals surface area contributed by atoms with E-state index in [1.807, 2.05) is 34.9 Å². The van der Waals surface area contributed by atoms with Crippen molar-refractivity contribution in [1.82, 2.24) is 9.88 Å². The number of aromatic nitrogens is 1. The number of hydrogen-bond donors (Lipinski definition) is 0. The molecule has 1 amide bonds. The molecule has 0 radical (unpaired) electrons. The standard InChI is InChI=1S/C21H24N2O2S/c24-21(18-6-7-20(22-13-18)25-19-9-11-26-15-19)23-10-8-17(14-23)12-16-4-2-1-3-5-16/h1-7,13,17,19H,8-12,14-15H2. The number of carbonyl (C=O) groups is 1. The van der Waals surface area contributed by atoms with Gasteiger partial charge in [0.15, 0.2) is 0 Å². The molecule has 1 aromatic carbocycles. The number of thioether (sulfide) groups is 1. The van der Waals surface area contributed by atoms with E-state index in [1.165, 1.54) is 5.56 Å². The maximum Gasteiger partial charge on any atom is 0.255 e. The fourth-order valence-electron chi connectivity index (χ4n) is 3.67. The third kappa shape index (κ3) is 4.21. The fourth-order valence-corrected chi connectivity index (χ4v) is 4.76. The lowest BCUT2D eigenvalue weighted by atomic mass is 9.99. The van der Waals surface area contributed by atoms with Crippen molar-refractivity contribution in [3.8, 4) is 5.88 Å². The molecule has 2 aliphatic rings. The highest BCUT2D eigenvalue weighted by Gasteiger charge is 2.27. The van der Waals surface area contributed by atoms with Gasteiger partial charge in [0.25, 0.3) is 5.91 Å². The summed E-state index contributed by atoms with van der Waals surface area (Å²) in [5.41, 5.74) is 2.00. The molecule has 136 valence electrons. The highest BCUT2D eigenvalue weighted by molar-refractivity contribution is 7.99. The molecule has 2 saturated heterocycles. The van der Waals surface area contributed by atoms with Gasteiger partial charge in [-0.25, -0.2) is 4.98 Å². The molecule has 4 rings (SSSR count). The van der Waals surface area contributed by atoms with Gasteiger partial charge in [0.1, 0.15) is 6.10 Å². The maximum absolute atomic E-state index is 12.7. The molecule has 3 heterocycles. The Morgan fingerprint density at radius 3 is 2.81 bits per heavy atom. The van der Waals surface area contributed by atoms with Gasteiger partial charge in [0.05, 0.1) is 5.56 Å². The van der Waals surface area contributed by atoms with E-state index < -0.39 is 0 Å². The summed E-state index contributed by atoms with van der Waals surface area (Å²) in [6.07, 6.45) is 5.09. The number of nitrogens with zero attached hydrogens (tertiary/aromatic N) is 2. The van der Waals surface area contributed by atoms with Crippen LogP contribution in [0.5, 0.6) is 5.88 Å². The minimum absolute atomic E-state index is 0.0797. The Bertz CT molecular complexity index is 729. The molecule has 2 fully saturated rings.